The largest absolute Gasteiger partial charge is 0.383 e. The van der Waals surface area contributed by atoms with Crippen molar-refractivity contribution in [1.82, 2.24) is 24.7 Å². The van der Waals surface area contributed by atoms with Crippen molar-refractivity contribution in [2.24, 2.45) is 0 Å². The number of nitrogens with two attached hydrogens (primary N) is 1. The van der Waals surface area contributed by atoms with Crippen molar-refractivity contribution in [2.45, 2.75) is 6.54 Å². The van der Waals surface area contributed by atoms with Crippen molar-refractivity contribution >= 4 is 34.4 Å². The monoisotopic (exact) mass is 445 g/mol. The SMILES string of the molecule is Nc1c2c(-c3ccccc3Cl)nc(NCc3ccccn3)nc2nn1-c1ccc(F)cc1. The van der Waals surface area contributed by atoms with Gasteiger partial charge in [0.05, 0.1) is 29.0 Å². The molecule has 3 N–H and O–H groups in total. The number of aromatic nitrogens is 5. The summed E-state index contributed by atoms with van der Waals surface area (Å²) in [5.74, 6) is 0.348. The van der Waals surface area contributed by atoms with Gasteiger partial charge < -0.3 is 11.1 Å². The summed E-state index contributed by atoms with van der Waals surface area (Å²) in [4.78, 5) is 13.6. The number of benzene rings is 2. The number of pyridine rings is 1. The Morgan fingerprint density at radius 1 is 0.969 bits per heavy atom. The second-order valence-electron chi connectivity index (χ2n) is 7.02. The van der Waals surface area contributed by atoms with Gasteiger partial charge in [0.2, 0.25) is 5.95 Å². The third-order valence-electron chi connectivity index (χ3n) is 4.92. The lowest BCUT2D eigenvalue weighted by atomic mass is 10.1. The lowest BCUT2D eigenvalue weighted by Crippen LogP contribution is -2.06. The van der Waals surface area contributed by atoms with Crippen molar-refractivity contribution in [2.75, 3.05) is 11.1 Å². The number of nitrogens with zero attached hydrogens (tertiary/aromatic N) is 5. The zero-order valence-electron chi connectivity index (χ0n) is 16.7. The molecule has 32 heavy (non-hydrogen) atoms. The second kappa shape index (κ2) is 8.24. The maximum Gasteiger partial charge on any atom is 0.225 e. The molecule has 0 aliphatic carbocycles. The zero-order valence-corrected chi connectivity index (χ0v) is 17.5. The molecule has 0 atom stereocenters. The van der Waals surface area contributed by atoms with Gasteiger partial charge >= 0.3 is 0 Å². The summed E-state index contributed by atoms with van der Waals surface area (Å²) in [6.45, 7) is 0.433. The highest BCUT2D eigenvalue weighted by molar-refractivity contribution is 6.33. The lowest BCUT2D eigenvalue weighted by molar-refractivity contribution is 0.627. The highest BCUT2D eigenvalue weighted by Crippen LogP contribution is 2.36. The molecular weight excluding hydrogens is 429 g/mol. The number of nitrogen functional groups attached to an aromatic ring is 1. The lowest BCUT2D eigenvalue weighted by Gasteiger charge is -2.09. The Kier molecular flexibility index (Phi) is 5.12. The minimum absolute atomic E-state index is 0.331. The Balaban J connectivity index is 1.66. The van der Waals surface area contributed by atoms with E-state index >= 15 is 0 Å². The van der Waals surface area contributed by atoms with E-state index in [1.54, 1.807) is 24.4 Å². The van der Waals surface area contributed by atoms with Crippen LogP contribution in [0.5, 0.6) is 0 Å². The highest BCUT2D eigenvalue weighted by Gasteiger charge is 2.20. The van der Waals surface area contributed by atoms with Crippen LogP contribution in [0, 0.1) is 5.82 Å². The maximum absolute atomic E-state index is 13.4. The predicted octanol–water partition coefficient (Wildman–Crippen LogP) is 4.86. The minimum atomic E-state index is -0.346. The van der Waals surface area contributed by atoms with Crippen LogP contribution >= 0.6 is 11.6 Å². The predicted molar refractivity (Wildman–Crippen MR) is 123 cm³/mol. The van der Waals surface area contributed by atoms with Crippen LogP contribution in [0.1, 0.15) is 5.69 Å². The molecule has 3 aromatic heterocycles. The van der Waals surface area contributed by atoms with Crippen molar-refractivity contribution in [3.8, 4) is 16.9 Å². The van der Waals surface area contributed by atoms with Gasteiger partial charge in [-0.1, -0.05) is 35.9 Å². The van der Waals surface area contributed by atoms with E-state index in [0.29, 0.717) is 51.3 Å². The van der Waals surface area contributed by atoms with Crippen molar-refractivity contribution < 1.29 is 4.39 Å². The smallest absolute Gasteiger partial charge is 0.225 e. The Labute approximate surface area is 187 Å². The van der Waals surface area contributed by atoms with Crippen molar-refractivity contribution in [1.29, 1.82) is 0 Å². The minimum Gasteiger partial charge on any atom is -0.383 e. The van der Waals surface area contributed by atoms with Gasteiger partial charge in [-0.2, -0.15) is 4.98 Å². The molecule has 0 saturated heterocycles. The number of halogens is 2. The molecule has 2 aromatic carbocycles. The summed E-state index contributed by atoms with van der Waals surface area (Å²) < 4.78 is 14.9. The molecule has 7 nitrogen and oxygen atoms in total. The Morgan fingerprint density at radius 2 is 1.75 bits per heavy atom. The number of anilines is 2. The molecule has 0 radical (unpaired) electrons. The van der Waals surface area contributed by atoms with Crippen molar-refractivity contribution in [3.63, 3.8) is 0 Å². The molecule has 0 spiro atoms. The van der Waals surface area contributed by atoms with Gasteiger partial charge in [-0.05, 0) is 42.5 Å². The van der Waals surface area contributed by atoms with E-state index < -0.39 is 0 Å². The number of hydrogen-bond acceptors (Lipinski definition) is 6. The zero-order chi connectivity index (χ0) is 22.1. The molecule has 0 unspecified atom stereocenters. The fraction of sp³-hybridized carbons (Fsp3) is 0.0435. The average molecular weight is 446 g/mol. The van der Waals surface area contributed by atoms with E-state index in [9.17, 15) is 4.39 Å². The van der Waals surface area contributed by atoms with Crippen LogP contribution in [0.4, 0.5) is 16.2 Å². The van der Waals surface area contributed by atoms with Gasteiger partial charge in [0.15, 0.2) is 5.65 Å². The first-order valence-electron chi connectivity index (χ1n) is 9.81. The number of hydrogen-bond donors (Lipinski definition) is 2. The van der Waals surface area contributed by atoms with E-state index in [-0.39, 0.29) is 5.82 Å². The molecule has 0 saturated carbocycles. The van der Waals surface area contributed by atoms with Crippen LogP contribution < -0.4 is 11.1 Å². The molecule has 0 amide bonds. The third-order valence-corrected chi connectivity index (χ3v) is 5.25. The van der Waals surface area contributed by atoms with Crippen LogP contribution in [0.15, 0.2) is 72.9 Å². The first-order valence-corrected chi connectivity index (χ1v) is 10.2. The van der Waals surface area contributed by atoms with E-state index in [4.69, 9.17) is 22.3 Å². The molecule has 0 aliphatic rings. The molecular formula is C23H17ClFN7. The van der Waals surface area contributed by atoms with E-state index in [0.717, 1.165) is 5.69 Å². The van der Waals surface area contributed by atoms with E-state index in [1.807, 2.05) is 36.4 Å². The first kappa shape index (κ1) is 19.9. The quantitative estimate of drug-likeness (QED) is 0.401. The Bertz CT molecular complexity index is 1400. The van der Waals surface area contributed by atoms with Crippen LogP contribution in [0.2, 0.25) is 5.02 Å². The number of rotatable bonds is 5. The number of fused-ring (bicyclic) bond motifs is 1. The summed E-state index contributed by atoms with van der Waals surface area (Å²) in [6, 6.07) is 18.9. The van der Waals surface area contributed by atoms with E-state index in [1.165, 1.54) is 16.8 Å². The third kappa shape index (κ3) is 3.72. The summed E-state index contributed by atoms with van der Waals surface area (Å²) in [7, 11) is 0. The molecule has 5 aromatic rings. The molecule has 0 fully saturated rings. The molecule has 0 bridgehead atoms. The number of nitrogens with one attached hydrogen (secondary N) is 1. The topological polar surface area (TPSA) is 94.5 Å². The molecule has 3 heterocycles. The molecule has 5 rings (SSSR count). The Hall–Kier alpha value is -4.04. The van der Waals surface area contributed by atoms with Crippen LogP contribution in [0.3, 0.4) is 0 Å². The standard InChI is InChI=1S/C23H17ClFN7/c24-18-7-2-1-6-17(18)20-19-21(26)32(16-10-8-14(25)9-11-16)31-22(19)30-23(29-20)28-13-15-5-3-4-12-27-15/h1-12H,13,26H2,(H,28,30,31). The molecule has 9 heteroatoms. The van der Waals surface area contributed by atoms with E-state index in [2.05, 4.69) is 20.4 Å². The summed E-state index contributed by atoms with van der Waals surface area (Å²) >= 11 is 6.48. The molecule has 158 valence electrons. The molecule has 0 aliphatic heterocycles. The summed E-state index contributed by atoms with van der Waals surface area (Å²) in [6.07, 6.45) is 1.72. The second-order valence-corrected chi connectivity index (χ2v) is 7.43. The van der Waals surface area contributed by atoms with Crippen LogP contribution in [0.25, 0.3) is 28.0 Å². The van der Waals surface area contributed by atoms with Gasteiger partial charge in [-0.25, -0.2) is 14.1 Å². The average Bonchev–Trinajstić information content (AvgIpc) is 3.15. The summed E-state index contributed by atoms with van der Waals surface area (Å²) in [5.41, 5.74) is 9.55. The maximum atomic E-state index is 13.4. The normalized spacial score (nSPS) is 11.1. The Morgan fingerprint density at radius 3 is 2.50 bits per heavy atom. The summed E-state index contributed by atoms with van der Waals surface area (Å²) in [5, 5.41) is 8.84. The van der Waals surface area contributed by atoms with Gasteiger partial charge in [0, 0.05) is 16.8 Å². The highest BCUT2D eigenvalue weighted by atomic mass is 35.5. The van der Waals surface area contributed by atoms with Gasteiger partial charge in [0.1, 0.15) is 11.6 Å². The fourth-order valence-corrected chi connectivity index (χ4v) is 3.62. The van der Waals surface area contributed by atoms with Gasteiger partial charge in [-0.15, -0.1) is 5.10 Å². The van der Waals surface area contributed by atoms with Crippen LogP contribution in [-0.4, -0.2) is 24.7 Å². The first-order chi connectivity index (χ1) is 15.6. The van der Waals surface area contributed by atoms with Gasteiger partial charge in [0.25, 0.3) is 0 Å². The van der Waals surface area contributed by atoms with Crippen LogP contribution in [-0.2, 0) is 6.54 Å². The fourth-order valence-electron chi connectivity index (χ4n) is 3.39. The van der Waals surface area contributed by atoms with Crippen molar-refractivity contribution in [3.05, 3.63) is 89.5 Å². The van der Waals surface area contributed by atoms with Gasteiger partial charge in [-0.3, -0.25) is 4.98 Å².